The minimum absolute atomic E-state index is 0.684. The number of imidazole rings is 1. The molecule has 5 heteroatoms. The van der Waals surface area contributed by atoms with E-state index < -0.39 is 0 Å². The average Bonchev–Trinajstić information content (AvgIpc) is 2.97. The molecule has 20 heavy (non-hydrogen) atoms. The van der Waals surface area contributed by atoms with Gasteiger partial charge in [-0.15, -0.1) is 0 Å². The fourth-order valence-corrected chi connectivity index (χ4v) is 1.94. The maximum Gasteiger partial charge on any atom is 0.144 e. The number of aromatic nitrogens is 2. The summed E-state index contributed by atoms with van der Waals surface area (Å²) in [4.78, 5) is 4.02. The molecule has 0 bridgehead atoms. The molecule has 0 aliphatic carbocycles. The third kappa shape index (κ3) is 3.91. The van der Waals surface area contributed by atoms with Gasteiger partial charge in [-0.3, -0.25) is 0 Å². The Morgan fingerprint density at radius 1 is 1.40 bits per heavy atom. The SMILES string of the molecule is CCCOc1cccc(NCCCn2ccnc2)c1N. The number of ether oxygens (including phenoxy) is 1. The molecule has 0 aliphatic heterocycles. The minimum Gasteiger partial charge on any atom is -0.491 e. The number of nitrogen functional groups attached to an aromatic ring is 1. The van der Waals surface area contributed by atoms with E-state index in [9.17, 15) is 0 Å². The molecule has 0 spiro atoms. The lowest BCUT2D eigenvalue weighted by molar-refractivity contribution is 0.319. The molecule has 0 saturated carbocycles. The monoisotopic (exact) mass is 274 g/mol. The van der Waals surface area contributed by atoms with Crippen molar-refractivity contribution in [1.82, 2.24) is 9.55 Å². The van der Waals surface area contributed by atoms with Crippen molar-refractivity contribution < 1.29 is 4.74 Å². The van der Waals surface area contributed by atoms with E-state index in [1.807, 2.05) is 30.7 Å². The third-order valence-corrected chi connectivity index (χ3v) is 3.00. The maximum atomic E-state index is 6.10. The fourth-order valence-electron chi connectivity index (χ4n) is 1.94. The lowest BCUT2D eigenvalue weighted by Crippen LogP contribution is -2.08. The summed E-state index contributed by atoms with van der Waals surface area (Å²) in [5.74, 6) is 0.756. The van der Waals surface area contributed by atoms with Crippen molar-refractivity contribution in [3.05, 3.63) is 36.9 Å². The second-order valence-electron chi connectivity index (χ2n) is 4.65. The first kappa shape index (κ1) is 14.2. The van der Waals surface area contributed by atoms with Gasteiger partial charge >= 0.3 is 0 Å². The number of nitrogens with two attached hydrogens (primary N) is 1. The highest BCUT2D eigenvalue weighted by molar-refractivity contribution is 5.72. The summed E-state index contributed by atoms with van der Waals surface area (Å²) in [7, 11) is 0. The van der Waals surface area contributed by atoms with Crippen molar-refractivity contribution in [3.63, 3.8) is 0 Å². The molecule has 2 aromatic rings. The van der Waals surface area contributed by atoms with E-state index in [-0.39, 0.29) is 0 Å². The van der Waals surface area contributed by atoms with Gasteiger partial charge in [-0.2, -0.15) is 0 Å². The molecule has 1 heterocycles. The number of aryl methyl sites for hydroxylation is 1. The van der Waals surface area contributed by atoms with Crippen LogP contribution in [0.4, 0.5) is 11.4 Å². The molecular formula is C15H22N4O. The molecule has 1 aromatic carbocycles. The van der Waals surface area contributed by atoms with Gasteiger partial charge in [0.25, 0.3) is 0 Å². The zero-order chi connectivity index (χ0) is 14.2. The van der Waals surface area contributed by atoms with Gasteiger partial charge in [-0.1, -0.05) is 13.0 Å². The molecule has 0 unspecified atom stereocenters. The van der Waals surface area contributed by atoms with E-state index >= 15 is 0 Å². The Morgan fingerprint density at radius 3 is 3.05 bits per heavy atom. The molecule has 1 aromatic heterocycles. The van der Waals surface area contributed by atoms with Crippen LogP contribution in [0, 0.1) is 0 Å². The fraction of sp³-hybridized carbons (Fsp3) is 0.400. The largest absolute Gasteiger partial charge is 0.491 e. The van der Waals surface area contributed by atoms with Gasteiger partial charge in [0.15, 0.2) is 0 Å². The number of nitrogens with one attached hydrogen (secondary N) is 1. The summed E-state index contributed by atoms with van der Waals surface area (Å²) in [6.07, 6.45) is 7.57. The highest BCUT2D eigenvalue weighted by Gasteiger charge is 2.05. The molecule has 2 rings (SSSR count). The molecule has 3 N–H and O–H groups in total. The van der Waals surface area contributed by atoms with Crippen molar-refractivity contribution in [3.8, 4) is 5.75 Å². The Labute approximate surface area is 119 Å². The Hall–Kier alpha value is -2.17. The Kier molecular flexibility index (Phi) is 5.29. The first-order valence-corrected chi connectivity index (χ1v) is 7.02. The second-order valence-corrected chi connectivity index (χ2v) is 4.65. The van der Waals surface area contributed by atoms with Crippen molar-refractivity contribution in [1.29, 1.82) is 0 Å². The van der Waals surface area contributed by atoms with Crippen molar-refractivity contribution >= 4 is 11.4 Å². The number of hydrogen-bond donors (Lipinski definition) is 2. The van der Waals surface area contributed by atoms with Crippen LogP contribution in [-0.2, 0) is 6.54 Å². The predicted molar refractivity (Wildman–Crippen MR) is 82.0 cm³/mol. The number of anilines is 2. The quantitative estimate of drug-likeness (QED) is 0.574. The van der Waals surface area contributed by atoms with E-state index in [1.165, 1.54) is 0 Å². The molecule has 0 saturated heterocycles. The maximum absolute atomic E-state index is 6.10. The second kappa shape index (κ2) is 7.43. The Balaban J connectivity index is 1.82. The number of para-hydroxylation sites is 1. The van der Waals surface area contributed by atoms with E-state index in [0.29, 0.717) is 12.3 Å². The van der Waals surface area contributed by atoms with Crippen LogP contribution >= 0.6 is 0 Å². The van der Waals surface area contributed by atoms with Gasteiger partial charge in [0.2, 0.25) is 0 Å². The zero-order valence-electron chi connectivity index (χ0n) is 11.9. The smallest absolute Gasteiger partial charge is 0.144 e. The van der Waals surface area contributed by atoms with Crippen molar-refractivity contribution in [2.24, 2.45) is 0 Å². The summed E-state index contributed by atoms with van der Waals surface area (Å²) < 4.78 is 7.68. The van der Waals surface area contributed by atoms with Crippen molar-refractivity contribution in [2.75, 3.05) is 24.2 Å². The standard InChI is InChI=1S/C15H22N4O/c1-2-11-20-14-6-3-5-13(15(14)16)18-7-4-9-19-10-8-17-12-19/h3,5-6,8,10,12,18H,2,4,7,9,11,16H2,1H3. The molecular weight excluding hydrogens is 252 g/mol. The molecule has 0 fully saturated rings. The van der Waals surface area contributed by atoms with E-state index in [0.717, 1.165) is 37.4 Å². The first-order chi connectivity index (χ1) is 9.81. The zero-order valence-corrected chi connectivity index (χ0v) is 11.9. The normalized spacial score (nSPS) is 10.4. The third-order valence-electron chi connectivity index (χ3n) is 3.00. The number of rotatable bonds is 8. The van der Waals surface area contributed by atoms with Crippen LogP contribution in [0.1, 0.15) is 19.8 Å². The molecule has 108 valence electrons. The van der Waals surface area contributed by atoms with Crippen LogP contribution in [0.2, 0.25) is 0 Å². The molecule has 0 aliphatic rings. The van der Waals surface area contributed by atoms with E-state index in [2.05, 4.69) is 21.8 Å². The van der Waals surface area contributed by atoms with Crippen LogP contribution in [0.25, 0.3) is 0 Å². The summed E-state index contributed by atoms with van der Waals surface area (Å²) in [6.45, 7) is 4.57. The van der Waals surface area contributed by atoms with E-state index in [1.54, 1.807) is 6.20 Å². The van der Waals surface area contributed by atoms with Crippen LogP contribution in [0.5, 0.6) is 5.75 Å². The van der Waals surface area contributed by atoms with Crippen LogP contribution < -0.4 is 15.8 Å². The molecule has 0 amide bonds. The van der Waals surface area contributed by atoms with Gasteiger partial charge in [0.05, 0.1) is 24.3 Å². The summed E-state index contributed by atoms with van der Waals surface area (Å²) in [5.41, 5.74) is 7.72. The average molecular weight is 274 g/mol. The van der Waals surface area contributed by atoms with Crippen molar-refractivity contribution in [2.45, 2.75) is 26.3 Å². The number of benzene rings is 1. The van der Waals surface area contributed by atoms with Crippen LogP contribution in [0.3, 0.4) is 0 Å². The highest BCUT2D eigenvalue weighted by atomic mass is 16.5. The van der Waals surface area contributed by atoms with Gasteiger partial charge in [0, 0.05) is 25.5 Å². The Bertz CT molecular complexity index is 511. The topological polar surface area (TPSA) is 65.1 Å². The first-order valence-electron chi connectivity index (χ1n) is 7.02. The van der Waals surface area contributed by atoms with E-state index in [4.69, 9.17) is 10.5 Å². The highest BCUT2D eigenvalue weighted by Crippen LogP contribution is 2.29. The lowest BCUT2D eigenvalue weighted by Gasteiger charge is -2.13. The van der Waals surface area contributed by atoms with Crippen LogP contribution in [0.15, 0.2) is 36.9 Å². The molecule has 0 radical (unpaired) electrons. The number of nitrogens with zero attached hydrogens (tertiary/aromatic N) is 2. The summed E-state index contributed by atoms with van der Waals surface area (Å²) in [5, 5.41) is 3.35. The predicted octanol–water partition coefficient (Wildman–Crippen LogP) is 2.76. The van der Waals surface area contributed by atoms with Gasteiger partial charge < -0.3 is 20.4 Å². The summed E-state index contributed by atoms with van der Waals surface area (Å²) in [6, 6.07) is 5.84. The summed E-state index contributed by atoms with van der Waals surface area (Å²) >= 11 is 0. The Morgan fingerprint density at radius 2 is 2.30 bits per heavy atom. The molecule has 0 atom stereocenters. The lowest BCUT2D eigenvalue weighted by atomic mass is 10.2. The van der Waals surface area contributed by atoms with Gasteiger partial charge in [-0.25, -0.2) is 4.98 Å². The molecule has 5 nitrogen and oxygen atoms in total. The van der Waals surface area contributed by atoms with Crippen LogP contribution in [-0.4, -0.2) is 22.7 Å². The van der Waals surface area contributed by atoms with Gasteiger partial charge in [-0.05, 0) is 25.0 Å². The van der Waals surface area contributed by atoms with Gasteiger partial charge in [0.1, 0.15) is 5.75 Å². The number of hydrogen-bond acceptors (Lipinski definition) is 4. The minimum atomic E-state index is 0.684.